The van der Waals surface area contributed by atoms with Crippen molar-refractivity contribution in [3.8, 4) is 0 Å². The van der Waals surface area contributed by atoms with Crippen LogP contribution in [0.2, 0.25) is 0 Å². The first kappa shape index (κ1) is 13.6. The van der Waals surface area contributed by atoms with Gasteiger partial charge < -0.3 is 16.0 Å². The van der Waals surface area contributed by atoms with Gasteiger partial charge in [-0.25, -0.2) is 9.97 Å². The number of aryl methyl sites for hydroxylation is 1. The van der Waals surface area contributed by atoms with Gasteiger partial charge in [0.05, 0.1) is 6.54 Å². The average molecular weight is 263 g/mol. The van der Waals surface area contributed by atoms with Crippen LogP contribution in [-0.4, -0.2) is 35.5 Å². The van der Waals surface area contributed by atoms with Crippen LogP contribution in [0.3, 0.4) is 0 Å². The molecule has 1 saturated carbocycles. The van der Waals surface area contributed by atoms with E-state index in [0.717, 1.165) is 37.3 Å². The number of rotatable bonds is 7. The Bertz CT molecular complexity index is 445. The van der Waals surface area contributed by atoms with Crippen molar-refractivity contribution in [3.05, 3.63) is 11.9 Å². The van der Waals surface area contributed by atoms with Crippen LogP contribution >= 0.6 is 0 Å². The van der Waals surface area contributed by atoms with Crippen molar-refractivity contribution in [2.24, 2.45) is 0 Å². The topological polar surface area (TPSA) is 78.9 Å². The van der Waals surface area contributed by atoms with Crippen molar-refractivity contribution >= 4 is 17.5 Å². The number of amides is 1. The van der Waals surface area contributed by atoms with Crippen LogP contribution in [0.5, 0.6) is 0 Å². The lowest BCUT2D eigenvalue weighted by atomic mass is 10.3. The van der Waals surface area contributed by atoms with Gasteiger partial charge in [-0.1, -0.05) is 6.92 Å². The van der Waals surface area contributed by atoms with Crippen LogP contribution in [0, 0.1) is 0 Å². The zero-order chi connectivity index (χ0) is 13.7. The third-order valence-corrected chi connectivity index (χ3v) is 2.87. The maximum Gasteiger partial charge on any atom is 0.239 e. The highest BCUT2D eigenvalue weighted by Gasteiger charge is 2.22. The zero-order valence-electron chi connectivity index (χ0n) is 11.5. The minimum Gasteiger partial charge on any atom is -0.373 e. The molecule has 6 heteroatoms. The van der Waals surface area contributed by atoms with E-state index in [0.29, 0.717) is 11.9 Å². The third-order valence-electron chi connectivity index (χ3n) is 2.87. The van der Waals surface area contributed by atoms with E-state index in [2.05, 4.69) is 32.8 Å². The number of hydrogen-bond donors (Lipinski definition) is 3. The largest absolute Gasteiger partial charge is 0.373 e. The summed E-state index contributed by atoms with van der Waals surface area (Å²) in [6.45, 7) is 2.34. The lowest BCUT2D eigenvalue weighted by Gasteiger charge is -2.09. The maximum absolute atomic E-state index is 11.6. The first-order valence-electron chi connectivity index (χ1n) is 6.80. The molecule has 1 aliphatic rings. The predicted molar refractivity (Wildman–Crippen MR) is 75.2 cm³/mol. The van der Waals surface area contributed by atoms with Gasteiger partial charge in [0.25, 0.3) is 0 Å². The van der Waals surface area contributed by atoms with Crippen LogP contribution < -0.4 is 16.0 Å². The van der Waals surface area contributed by atoms with Crippen LogP contribution in [0.25, 0.3) is 0 Å². The molecule has 0 aromatic carbocycles. The van der Waals surface area contributed by atoms with Gasteiger partial charge in [0.15, 0.2) is 0 Å². The van der Waals surface area contributed by atoms with Crippen molar-refractivity contribution in [1.29, 1.82) is 0 Å². The van der Waals surface area contributed by atoms with E-state index < -0.39 is 0 Å². The van der Waals surface area contributed by atoms with Crippen molar-refractivity contribution in [2.75, 3.05) is 24.2 Å². The molecular formula is C13H21N5O. The van der Waals surface area contributed by atoms with Crippen LogP contribution in [0.4, 0.5) is 11.6 Å². The fraction of sp³-hybridized carbons (Fsp3) is 0.615. The Labute approximate surface area is 113 Å². The van der Waals surface area contributed by atoms with Gasteiger partial charge in [0.2, 0.25) is 5.91 Å². The molecule has 6 nitrogen and oxygen atoms in total. The molecule has 19 heavy (non-hydrogen) atoms. The normalized spacial score (nSPS) is 14.0. The summed E-state index contributed by atoms with van der Waals surface area (Å²) in [5.41, 5.74) is 0. The van der Waals surface area contributed by atoms with Crippen molar-refractivity contribution < 1.29 is 4.79 Å². The fourth-order valence-electron chi connectivity index (χ4n) is 1.73. The highest BCUT2D eigenvalue weighted by molar-refractivity contribution is 5.81. The van der Waals surface area contributed by atoms with Gasteiger partial charge in [-0.05, 0) is 19.3 Å². The lowest BCUT2D eigenvalue weighted by Crippen LogP contribution is -2.31. The Hall–Kier alpha value is -1.85. The van der Waals surface area contributed by atoms with Crippen molar-refractivity contribution in [3.63, 3.8) is 0 Å². The molecular weight excluding hydrogens is 242 g/mol. The first-order chi connectivity index (χ1) is 9.21. The molecule has 104 valence electrons. The van der Waals surface area contributed by atoms with Gasteiger partial charge in [0.1, 0.15) is 17.5 Å². The van der Waals surface area contributed by atoms with E-state index in [1.165, 1.54) is 0 Å². The second kappa shape index (κ2) is 6.36. The summed E-state index contributed by atoms with van der Waals surface area (Å²) in [6.07, 6.45) is 4.03. The molecule has 1 fully saturated rings. The van der Waals surface area contributed by atoms with Gasteiger partial charge in [0, 0.05) is 25.6 Å². The van der Waals surface area contributed by atoms with E-state index >= 15 is 0 Å². The summed E-state index contributed by atoms with van der Waals surface area (Å²) in [6, 6.07) is 2.20. The van der Waals surface area contributed by atoms with Gasteiger partial charge >= 0.3 is 0 Å². The summed E-state index contributed by atoms with van der Waals surface area (Å²) in [4.78, 5) is 20.4. The highest BCUT2D eigenvalue weighted by atomic mass is 16.2. The fourth-order valence-corrected chi connectivity index (χ4v) is 1.73. The van der Waals surface area contributed by atoms with Crippen LogP contribution in [0.1, 0.15) is 32.0 Å². The summed E-state index contributed by atoms with van der Waals surface area (Å²) < 4.78 is 0. The molecule has 1 aliphatic carbocycles. The van der Waals surface area contributed by atoms with Crippen molar-refractivity contribution in [2.45, 2.75) is 38.6 Å². The maximum atomic E-state index is 11.6. The number of nitrogens with one attached hydrogen (secondary N) is 3. The summed E-state index contributed by atoms with van der Waals surface area (Å²) in [7, 11) is 1.82. The number of hydrogen-bond acceptors (Lipinski definition) is 5. The molecule has 1 heterocycles. The second-order valence-corrected chi connectivity index (χ2v) is 4.75. The summed E-state index contributed by atoms with van der Waals surface area (Å²) in [5, 5.41) is 8.98. The highest BCUT2D eigenvalue weighted by Crippen LogP contribution is 2.18. The molecule has 0 unspecified atom stereocenters. The Balaban J connectivity index is 1.93. The van der Waals surface area contributed by atoms with Gasteiger partial charge in [-0.3, -0.25) is 4.79 Å². The molecule has 3 N–H and O–H groups in total. The van der Waals surface area contributed by atoms with E-state index in [1.54, 1.807) is 0 Å². The molecule has 0 atom stereocenters. The van der Waals surface area contributed by atoms with E-state index in [4.69, 9.17) is 0 Å². The smallest absolute Gasteiger partial charge is 0.239 e. The molecule has 0 bridgehead atoms. The monoisotopic (exact) mass is 263 g/mol. The molecule has 1 amide bonds. The summed E-state index contributed by atoms with van der Waals surface area (Å²) in [5.74, 6) is 2.26. The Kier molecular flexibility index (Phi) is 4.54. The molecule has 0 aliphatic heterocycles. The standard InChI is InChI=1S/C13H21N5O/c1-3-4-10-17-11(14-2)7-12(18-10)15-8-13(19)16-9-5-6-9/h7,9H,3-6,8H2,1-2H3,(H,16,19)(H2,14,15,17,18). The predicted octanol–water partition coefficient (Wildman–Crippen LogP) is 1.16. The Morgan fingerprint density at radius 1 is 1.37 bits per heavy atom. The number of nitrogens with zero attached hydrogens (tertiary/aromatic N) is 2. The number of aromatic nitrogens is 2. The minimum absolute atomic E-state index is 0.0177. The number of carbonyl (C=O) groups is 1. The lowest BCUT2D eigenvalue weighted by molar-refractivity contribution is -0.119. The number of carbonyl (C=O) groups excluding carboxylic acids is 1. The van der Waals surface area contributed by atoms with E-state index in [1.807, 2.05) is 13.1 Å². The minimum atomic E-state index is 0.0177. The van der Waals surface area contributed by atoms with Gasteiger partial charge in [-0.15, -0.1) is 0 Å². The molecule has 0 spiro atoms. The Morgan fingerprint density at radius 3 is 2.74 bits per heavy atom. The van der Waals surface area contributed by atoms with Crippen LogP contribution in [0.15, 0.2) is 6.07 Å². The molecule has 2 rings (SSSR count). The second-order valence-electron chi connectivity index (χ2n) is 4.75. The van der Waals surface area contributed by atoms with Crippen molar-refractivity contribution in [1.82, 2.24) is 15.3 Å². The van der Waals surface area contributed by atoms with Crippen LogP contribution in [-0.2, 0) is 11.2 Å². The van der Waals surface area contributed by atoms with E-state index in [-0.39, 0.29) is 12.5 Å². The van der Waals surface area contributed by atoms with E-state index in [9.17, 15) is 4.79 Å². The first-order valence-corrected chi connectivity index (χ1v) is 6.80. The number of anilines is 2. The SMILES string of the molecule is CCCc1nc(NC)cc(NCC(=O)NC2CC2)n1. The zero-order valence-corrected chi connectivity index (χ0v) is 11.5. The quantitative estimate of drug-likeness (QED) is 0.688. The molecule has 1 aromatic rings. The molecule has 0 saturated heterocycles. The summed E-state index contributed by atoms with van der Waals surface area (Å²) >= 11 is 0. The third kappa shape index (κ3) is 4.39. The molecule has 0 radical (unpaired) electrons. The Morgan fingerprint density at radius 2 is 2.11 bits per heavy atom. The van der Waals surface area contributed by atoms with Gasteiger partial charge in [-0.2, -0.15) is 0 Å². The average Bonchev–Trinajstić information content (AvgIpc) is 3.20. The molecule has 1 aromatic heterocycles.